The van der Waals surface area contributed by atoms with Crippen molar-refractivity contribution in [3.8, 4) is 11.1 Å². The van der Waals surface area contributed by atoms with Gasteiger partial charge in [-0.05, 0) is 65.2 Å². The fourth-order valence-electron chi connectivity index (χ4n) is 3.16. The average Bonchev–Trinajstić information content (AvgIpc) is 2.81. The summed E-state index contributed by atoms with van der Waals surface area (Å²) in [7, 11) is 1.25. The van der Waals surface area contributed by atoms with E-state index in [9.17, 15) is 22.8 Å². The highest BCUT2D eigenvalue weighted by atomic mass is 19.4. The molecule has 3 rings (SSSR count). The molecule has 0 saturated carbocycles. The van der Waals surface area contributed by atoms with E-state index < -0.39 is 23.6 Å². The lowest BCUT2D eigenvalue weighted by Crippen LogP contribution is -2.23. The SMILES string of the molecule is COC(=O)c1cc(CNC(=O)c2ccc(C(F)(F)F)cc2)cc(-c2cccc(C(=N)N)c2)c1. The number of hydrogen-bond donors (Lipinski definition) is 3. The summed E-state index contributed by atoms with van der Waals surface area (Å²) < 4.78 is 42.9. The third-order valence-corrected chi connectivity index (χ3v) is 4.85. The molecule has 1 amide bonds. The number of amides is 1. The van der Waals surface area contributed by atoms with Crippen molar-refractivity contribution in [2.45, 2.75) is 12.7 Å². The lowest BCUT2D eigenvalue weighted by atomic mass is 9.98. The second kappa shape index (κ2) is 9.56. The van der Waals surface area contributed by atoms with Crippen LogP contribution < -0.4 is 11.1 Å². The Bertz CT molecular complexity index is 1210. The smallest absolute Gasteiger partial charge is 0.416 e. The molecule has 0 heterocycles. The summed E-state index contributed by atoms with van der Waals surface area (Å²) in [6.07, 6.45) is -4.49. The summed E-state index contributed by atoms with van der Waals surface area (Å²) in [5.74, 6) is -1.24. The molecule has 3 aromatic carbocycles. The van der Waals surface area contributed by atoms with Crippen LogP contribution in [0.15, 0.2) is 66.7 Å². The van der Waals surface area contributed by atoms with Gasteiger partial charge < -0.3 is 15.8 Å². The van der Waals surface area contributed by atoms with Crippen molar-refractivity contribution in [3.05, 3.63) is 94.5 Å². The summed E-state index contributed by atoms with van der Waals surface area (Å²) in [6, 6.07) is 15.7. The Kier molecular flexibility index (Phi) is 6.81. The first-order valence-electron chi connectivity index (χ1n) is 9.71. The minimum atomic E-state index is -4.49. The van der Waals surface area contributed by atoms with Crippen molar-refractivity contribution in [3.63, 3.8) is 0 Å². The van der Waals surface area contributed by atoms with Gasteiger partial charge in [-0.1, -0.05) is 18.2 Å². The van der Waals surface area contributed by atoms with Crippen LogP contribution >= 0.6 is 0 Å². The number of alkyl halides is 3. The van der Waals surface area contributed by atoms with Crippen molar-refractivity contribution in [2.75, 3.05) is 7.11 Å². The van der Waals surface area contributed by atoms with E-state index in [4.69, 9.17) is 15.9 Å². The zero-order chi connectivity index (χ0) is 24.2. The molecule has 0 bridgehead atoms. The second-order valence-corrected chi connectivity index (χ2v) is 7.16. The topological polar surface area (TPSA) is 105 Å². The summed E-state index contributed by atoms with van der Waals surface area (Å²) >= 11 is 0. The first kappa shape index (κ1) is 23.5. The van der Waals surface area contributed by atoms with Gasteiger partial charge in [-0.3, -0.25) is 10.2 Å². The zero-order valence-electron chi connectivity index (χ0n) is 17.5. The molecule has 0 spiro atoms. The largest absolute Gasteiger partial charge is 0.465 e. The van der Waals surface area contributed by atoms with E-state index >= 15 is 0 Å². The molecule has 0 aliphatic heterocycles. The molecule has 9 heteroatoms. The number of rotatable bonds is 6. The number of carbonyl (C=O) groups is 2. The zero-order valence-corrected chi connectivity index (χ0v) is 17.5. The molecule has 0 radical (unpaired) electrons. The Morgan fingerprint density at radius 2 is 1.61 bits per heavy atom. The van der Waals surface area contributed by atoms with Gasteiger partial charge in [0.1, 0.15) is 5.84 Å². The molecular weight excluding hydrogens is 435 g/mol. The van der Waals surface area contributed by atoms with E-state index in [-0.39, 0.29) is 23.5 Å². The minimum absolute atomic E-state index is 0.0179. The van der Waals surface area contributed by atoms with Gasteiger partial charge in [0.25, 0.3) is 5.91 Å². The molecule has 6 nitrogen and oxygen atoms in total. The normalized spacial score (nSPS) is 11.0. The lowest BCUT2D eigenvalue weighted by Gasteiger charge is -2.12. The molecule has 0 aromatic heterocycles. The first-order valence-corrected chi connectivity index (χ1v) is 9.71. The maximum Gasteiger partial charge on any atom is 0.416 e. The standard InChI is InChI=1S/C24H20F3N3O3/c1-33-23(32)19-10-14(9-18(12-19)16-3-2-4-17(11-16)21(28)29)13-30-22(31)15-5-7-20(8-6-15)24(25,26)27/h2-12H,13H2,1H3,(H3,28,29)(H,30,31). The summed E-state index contributed by atoms with van der Waals surface area (Å²) in [6.45, 7) is 0.0179. The van der Waals surface area contributed by atoms with Crippen LogP contribution in [0.25, 0.3) is 11.1 Å². The van der Waals surface area contributed by atoms with Gasteiger partial charge in [0.15, 0.2) is 0 Å². The molecule has 0 unspecified atom stereocenters. The van der Waals surface area contributed by atoms with Crippen molar-refractivity contribution in [1.82, 2.24) is 5.32 Å². The number of nitrogens with two attached hydrogens (primary N) is 1. The fourth-order valence-corrected chi connectivity index (χ4v) is 3.16. The number of esters is 1. The van der Waals surface area contributed by atoms with E-state index in [0.29, 0.717) is 22.3 Å². The molecular formula is C24H20F3N3O3. The van der Waals surface area contributed by atoms with Gasteiger partial charge in [-0.15, -0.1) is 0 Å². The maximum atomic E-state index is 12.7. The van der Waals surface area contributed by atoms with Gasteiger partial charge in [0.05, 0.1) is 18.2 Å². The second-order valence-electron chi connectivity index (χ2n) is 7.16. The maximum absolute atomic E-state index is 12.7. The molecule has 0 aliphatic carbocycles. The molecule has 0 atom stereocenters. The predicted octanol–water partition coefficient (Wildman–Crippen LogP) is 4.37. The molecule has 170 valence electrons. The minimum Gasteiger partial charge on any atom is -0.465 e. The van der Waals surface area contributed by atoms with Gasteiger partial charge >= 0.3 is 12.1 Å². The van der Waals surface area contributed by atoms with E-state index in [1.54, 1.807) is 42.5 Å². The Hall–Kier alpha value is -4.14. The number of ether oxygens (including phenoxy) is 1. The van der Waals surface area contributed by atoms with Crippen LogP contribution in [-0.2, 0) is 17.5 Å². The molecule has 0 saturated heterocycles. The Labute approximate surface area is 187 Å². The van der Waals surface area contributed by atoms with Crippen LogP contribution in [0.2, 0.25) is 0 Å². The highest BCUT2D eigenvalue weighted by Crippen LogP contribution is 2.29. The van der Waals surface area contributed by atoms with E-state index in [1.807, 2.05) is 0 Å². The Morgan fingerprint density at radius 1 is 0.939 bits per heavy atom. The van der Waals surface area contributed by atoms with Crippen molar-refractivity contribution < 1.29 is 27.5 Å². The van der Waals surface area contributed by atoms with E-state index in [0.717, 1.165) is 24.3 Å². The first-order chi connectivity index (χ1) is 15.6. The van der Waals surface area contributed by atoms with E-state index in [2.05, 4.69) is 5.32 Å². The van der Waals surface area contributed by atoms with Crippen molar-refractivity contribution in [1.29, 1.82) is 5.41 Å². The Morgan fingerprint density at radius 3 is 2.21 bits per heavy atom. The van der Waals surface area contributed by atoms with Crippen LogP contribution in [0.3, 0.4) is 0 Å². The van der Waals surface area contributed by atoms with Crippen LogP contribution in [0, 0.1) is 5.41 Å². The van der Waals surface area contributed by atoms with Gasteiger partial charge in [-0.25, -0.2) is 4.79 Å². The number of carbonyl (C=O) groups excluding carboxylic acids is 2. The van der Waals surface area contributed by atoms with Gasteiger partial charge in [0.2, 0.25) is 0 Å². The summed E-state index contributed by atoms with van der Waals surface area (Å²) in [5, 5.41) is 10.3. The molecule has 0 aliphatic rings. The Balaban J connectivity index is 1.86. The van der Waals surface area contributed by atoms with Crippen molar-refractivity contribution >= 4 is 17.7 Å². The monoisotopic (exact) mass is 455 g/mol. The summed E-state index contributed by atoms with van der Waals surface area (Å²) in [4.78, 5) is 24.5. The number of nitrogen functional groups attached to an aromatic ring is 1. The predicted molar refractivity (Wildman–Crippen MR) is 117 cm³/mol. The van der Waals surface area contributed by atoms with Gasteiger partial charge in [0, 0.05) is 17.7 Å². The number of methoxy groups -OCH3 is 1. The van der Waals surface area contributed by atoms with Crippen LogP contribution in [0.5, 0.6) is 0 Å². The quantitative estimate of drug-likeness (QED) is 0.292. The average molecular weight is 455 g/mol. The highest BCUT2D eigenvalue weighted by Gasteiger charge is 2.30. The number of hydrogen-bond acceptors (Lipinski definition) is 4. The van der Waals surface area contributed by atoms with Crippen LogP contribution in [0.4, 0.5) is 13.2 Å². The molecule has 4 N–H and O–H groups in total. The number of benzene rings is 3. The van der Waals surface area contributed by atoms with Crippen molar-refractivity contribution in [2.24, 2.45) is 5.73 Å². The van der Waals surface area contributed by atoms with E-state index in [1.165, 1.54) is 7.11 Å². The lowest BCUT2D eigenvalue weighted by molar-refractivity contribution is -0.137. The third kappa shape index (κ3) is 5.76. The highest BCUT2D eigenvalue weighted by molar-refractivity contribution is 5.97. The van der Waals surface area contributed by atoms with Crippen LogP contribution in [0.1, 0.15) is 37.4 Å². The molecule has 3 aromatic rings. The molecule has 0 fully saturated rings. The summed E-state index contributed by atoms with van der Waals surface area (Å²) in [5.41, 5.74) is 7.45. The van der Waals surface area contributed by atoms with Gasteiger partial charge in [-0.2, -0.15) is 13.2 Å². The number of amidine groups is 1. The number of nitrogens with one attached hydrogen (secondary N) is 2. The third-order valence-electron chi connectivity index (χ3n) is 4.85. The molecule has 33 heavy (non-hydrogen) atoms. The fraction of sp³-hybridized carbons (Fsp3) is 0.125. The van der Waals surface area contributed by atoms with Crippen LogP contribution in [-0.4, -0.2) is 24.8 Å². The number of halogens is 3.